The van der Waals surface area contributed by atoms with E-state index in [9.17, 15) is 14.0 Å². The molecule has 1 aromatic heterocycles. The van der Waals surface area contributed by atoms with Gasteiger partial charge in [0, 0.05) is 18.3 Å². The van der Waals surface area contributed by atoms with E-state index in [0.29, 0.717) is 17.6 Å². The first-order chi connectivity index (χ1) is 9.61. The molecular formula is C15H12FNO3. The highest BCUT2D eigenvalue weighted by Crippen LogP contribution is 2.23. The molecule has 0 saturated carbocycles. The van der Waals surface area contributed by atoms with E-state index in [1.165, 1.54) is 18.3 Å². The molecule has 0 fully saturated rings. The third-order valence-corrected chi connectivity index (χ3v) is 3.26. The maximum Gasteiger partial charge on any atom is 0.343 e. The zero-order valence-corrected chi connectivity index (χ0v) is 10.9. The van der Waals surface area contributed by atoms with Crippen LogP contribution in [0.2, 0.25) is 0 Å². The predicted octanol–water partition coefficient (Wildman–Crippen LogP) is 2.34. The molecule has 0 aliphatic carbocycles. The Morgan fingerprint density at radius 3 is 3.00 bits per heavy atom. The van der Waals surface area contributed by atoms with E-state index in [2.05, 4.69) is 0 Å². The van der Waals surface area contributed by atoms with Crippen molar-refractivity contribution >= 4 is 22.9 Å². The molecule has 3 rings (SSSR count). The monoisotopic (exact) mass is 273 g/mol. The quantitative estimate of drug-likeness (QED) is 0.789. The highest BCUT2D eigenvalue weighted by atomic mass is 19.1. The van der Waals surface area contributed by atoms with Crippen molar-refractivity contribution in [2.45, 2.75) is 13.5 Å². The third-order valence-electron chi connectivity index (χ3n) is 3.26. The van der Waals surface area contributed by atoms with Crippen LogP contribution >= 0.6 is 0 Å². The minimum atomic E-state index is -0.677. The summed E-state index contributed by atoms with van der Waals surface area (Å²) in [6.07, 6.45) is 5.10. The maximum atomic E-state index is 13.6. The van der Waals surface area contributed by atoms with Crippen LogP contribution in [0.4, 0.5) is 4.39 Å². The largest absolute Gasteiger partial charge is 0.462 e. The van der Waals surface area contributed by atoms with Gasteiger partial charge in [-0.1, -0.05) is 12.2 Å². The molecule has 102 valence electrons. The van der Waals surface area contributed by atoms with E-state index >= 15 is 0 Å². The molecule has 0 N–H and O–H groups in total. The van der Waals surface area contributed by atoms with Gasteiger partial charge in [0.25, 0.3) is 0 Å². The average Bonchev–Trinajstić information content (AvgIpc) is 2.42. The van der Waals surface area contributed by atoms with E-state index in [1.54, 1.807) is 17.6 Å². The minimum Gasteiger partial charge on any atom is -0.462 e. The van der Waals surface area contributed by atoms with Crippen LogP contribution in [0.15, 0.2) is 29.2 Å². The van der Waals surface area contributed by atoms with Gasteiger partial charge in [-0.3, -0.25) is 4.79 Å². The number of carbonyl (C=O) groups excluding carboxylic acids is 1. The first-order valence-corrected chi connectivity index (χ1v) is 6.32. The molecule has 1 aliphatic rings. The van der Waals surface area contributed by atoms with E-state index in [1.807, 2.05) is 6.08 Å². The Morgan fingerprint density at radius 2 is 2.25 bits per heavy atom. The first kappa shape index (κ1) is 12.6. The molecule has 0 radical (unpaired) electrons. The molecule has 1 aliphatic heterocycles. The number of esters is 1. The van der Waals surface area contributed by atoms with E-state index in [4.69, 9.17) is 4.74 Å². The van der Waals surface area contributed by atoms with Crippen molar-refractivity contribution < 1.29 is 13.9 Å². The zero-order chi connectivity index (χ0) is 14.3. The summed E-state index contributed by atoms with van der Waals surface area (Å²) in [6.45, 7) is 2.38. The fourth-order valence-corrected chi connectivity index (χ4v) is 2.46. The van der Waals surface area contributed by atoms with Crippen LogP contribution in [0.1, 0.15) is 22.8 Å². The fourth-order valence-electron chi connectivity index (χ4n) is 2.46. The number of halogens is 1. The lowest BCUT2D eigenvalue weighted by Crippen LogP contribution is -2.22. The number of benzene rings is 1. The van der Waals surface area contributed by atoms with E-state index in [0.717, 1.165) is 0 Å². The first-order valence-electron chi connectivity index (χ1n) is 6.32. The predicted molar refractivity (Wildman–Crippen MR) is 73.2 cm³/mol. The summed E-state index contributed by atoms with van der Waals surface area (Å²) in [5.74, 6) is -1.17. The second kappa shape index (κ2) is 4.59. The molecule has 2 heterocycles. The lowest BCUT2D eigenvalue weighted by molar-refractivity contribution is 0.0524. The number of ether oxygens (including phenoxy) is 1. The van der Waals surface area contributed by atoms with E-state index < -0.39 is 17.2 Å². The van der Waals surface area contributed by atoms with Gasteiger partial charge in [-0.15, -0.1) is 0 Å². The summed E-state index contributed by atoms with van der Waals surface area (Å²) >= 11 is 0. The SMILES string of the molecule is CCOC(=O)c1cn2c3c(cc(F)cc3c1=O)C=CC2. The van der Waals surface area contributed by atoms with Gasteiger partial charge in [-0.25, -0.2) is 9.18 Å². The summed E-state index contributed by atoms with van der Waals surface area (Å²) in [4.78, 5) is 24.2. The van der Waals surface area contributed by atoms with Crippen LogP contribution in [0.3, 0.4) is 0 Å². The summed E-state index contributed by atoms with van der Waals surface area (Å²) < 4.78 is 20.2. The highest BCUT2D eigenvalue weighted by molar-refractivity contribution is 5.96. The van der Waals surface area contributed by atoms with Crippen molar-refractivity contribution in [3.8, 4) is 0 Å². The number of rotatable bonds is 2. The van der Waals surface area contributed by atoms with Crippen LogP contribution in [0, 0.1) is 5.82 Å². The summed E-state index contributed by atoms with van der Waals surface area (Å²) in [5, 5.41) is 0.204. The summed E-state index contributed by atoms with van der Waals surface area (Å²) in [6, 6.07) is 2.54. The number of hydrogen-bond donors (Lipinski definition) is 0. The smallest absolute Gasteiger partial charge is 0.343 e. The topological polar surface area (TPSA) is 48.3 Å². The van der Waals surface area contributed by atoms with Crippen LogP contribution in [-0.4, -0.2) is 17.1 Å². The highest BCUT2D eigenvalue weighted by Gasteiger charge is 2.19. The number of hydrogen-bond acceptors (Lipinski definition) is 3. The molecule has 0 atom stereocenters. The van der Waals surface area contributed by atoms with Gasteiger partial charge in [0.2, 0.25) is 5.43 Å². The Balaban J connectivity index is 2.37. The molecule has 0 unspecified atom stereocenters. The maximum absolute atomic E-state index is 13.6. The average molecular weight is 273 g/mol. The van der Waals surface area contributed by atoms with Crippen molar-refractivity contribution in [1.82, 2.24) is 4.57 Å². The van der Waals surface area contributed by atoms with Crippen molar-refractivity contribution in [2.75, 3.05) is 6.61 Å². The van der Waals surface area contributed by atoms with Crippen LogP contribution in [0.25, 0.3) is 17.0 Å². The van der Waals surface area contributed by atoms with Gasteiger partial charge in [-0.05, 0) is 19.1 Å². The summed E-state index contributed by atoms with van der Waals surface area (Å²) in [7, 11) is 0. The van der Waals surface area contributed by atoms with Crippen molar-refractivity contribution in [3.05, 3.63) is 51.6 Å². The lowest BCUT2D eigenvalue weighted by Gasteiger charge is -2.17. The van der Waals surface area contributed by atoms with Crippen LogP contribution < -0.4 is 5.43 Å². The second-order valence-electron chi connectivity index (χ2n) is 4.54. The minimum absolute atomic E-state index is 0.0637. The fraction of sp³-hybridized carbons (Fsp3) is 0.200. The molecule has 20 heavy (non-hydrogen) atoms. The molecule has 2 aromatic rings. The van der Waals surface area contributed by atoms with Gasteiger partial charge in [0.1, 0.15) is 11.4 Å². The Hall–Kier alpha value is -2.43. The van der Waals surface area contributed by atoms with Crippen molar-refractivity contribution in [1.29, 1.82) is 0 Å². The molecular weight excluding hydrogens is 261 g/mol. The standard InChI is InChI=1S/C15H12FNO3/c1-2-20-15(19)12-8-17-5-3-4-9-6-10(16)7-11(13(9)17)14(12)18/h3-4,6-8H,2,5H2,1H3. The number of aromatic nitrogens is 1. The molecule has 1 aromatic carbocycles. The molecule has 0 saturated heterocycles. The van der Waals surface area contributed by atoms with Crippen LogP contribution in [-0.2, 0) is 11.3 Å². The molecule has 5 heteroatoms. The Morgan fingerprint density at radius 1 is 1.45 bits per heavy atom. The normalized spacial score (nSPS) is 12.7. The van der Waals surface area contributed by atoms with Gasteiger partial charge >= 0.3 is 5.97 Å². The molecule has 4 nitrogen and oxygen atoms in total. The summed E-state index contributed by atoms with van der Waals surface area (Å²) in [5.41, 5.74) is 0.725. The zero-order valence-electron chi connectivity index (χ0n) is 10.9. The Bertz CT molecular complexity index is 805. The number of allylic oxidation sites excluding steroid dienone is 1. The van der Waals surface area contributed by atoms with Gasteiger partial charge in [-0.2, -0.15) is 0 Å². The second-order valence-corrected chi connectivity index (χ2v) is 4.54. The molecule has 0 bridgehead atoms. The van der Waals surface area contributed by atoms with E-state index in [-0.39, 0.29) is 17.6 Å². The van der Waals surface area contributed by atoms with Crippen molar-refractivity contribution in [2.24, 2.45) is 0 Å². The third kappa shape index (κ3) is 1.82. The van der Waals surface area contributed by atoms with Crippen molar-refractivity contribution in [3.63, 3.8) is 0 Å². The van der Waals surface area contributed by atoms with Gasteiger partial charge < -0.3 is 9.30 Å². The Labute approximate surface area is 114 Å². The lowest BCUT2D eigenvalue weighted by atomic mass is 10.0. The molecule has 0 spiro atoms. The van der Waals surface area contributed by atoms with Gasteiger partial charge in [0.15, 0.2) is 0 Å². The Kier molecular flexibility index (Phi) is 2.89. The van der Waals surface area contributed by atoms with Crippen LogP contribution in [0.5, 0.6) is 0 Å². The number of carbonyl (C=O) groups is 1. The molecule has 0 amide bonds. The number of pyridine rings is 1. The van der Waals surface area contributed by atoms with Gasteiger partial charge in [0.05, 0.1) is 17.5 Å². The number of nitrogens with zero attached hydrogens (tertiary/aromatic N) is 1.